The van der Waals surface area contributed by atoms with Crippen molar-refractivity contribution in [3.63, 3.8) is 0 Å². The summed E-state index contributed by atoms with van der Waals surface area (Å²) in [6.07, 6.45) is 15.9. The van der Waals surface area contributed by atoms with Gasteiger partial charge in [0.1, 0.15) is 0 Å². The van der Waals surface area contributed by atoms with Crippen LogP contribution in [0.15, 0.2) is 133 Å². The van der Waals surface area contributed by atoms with Gasteiger partial charge in [0.2, 0.25) is 0 Å². The zero-order valence-electron chi connectivity index (χ0n) is 26.7. The number of benzene rings is 5. The van der Waals surface area contributed by atoms with Crippen molar-refractivity contribution in [1.29, 1.82) is 0 Å². The Bertz CT molecular complexity index is 1600. The summed E-state index contributed by atoms with van der Waals surface area (Å²) in [5.41, 5.74) is 10.7. The van der Waals surface area contributed by atoms with E-state index in [0.717, 1.165) is 0 Å². The lowest BCUT2D eigenvalue weighted by atomic mass is 9.67. The van der Waals surface area contributed by atoms with Gasteiger partial charge in [0.25, 0.3) is 0 Å². The minimum Gasteiger partial charge on any atom is -0.311 e. The van der Waals surface area contributed by atoms with Crippen LogP contribution in [-0.2, 0) is 5.41 Å². The second kappa shape index (κ2) is 13.9. The highest BCUT2D eigenvalue weighted by atomic mass is 15.1. The lowest BCUT2D eigenvalue weighted by Gasteiger charge is -2.37. The first-order valence-electron chi connectivity index (χ1n) is 17.5. The first-order chi connectivity index (χ1) is 22.3. The molecule has 45 heavy (non-hydrogen) atoms. The van der Waals surface area contributed by atoms with Crippen LogP contribution in [0.5, 0.6) is 0 Å². The van der Waals surface area contributed by atoms with Gasteiger partial charge in [-0.3, -0.25) is 0 Å². The molecule has 0 atom stereocenters. The molecule has 0 saturated heterocycles. The zero-order chi connectivity index (χ0) is 30.3. The summed E-state index contributed by atoms with van der Waals surface area (Å²) in [5, 5.41) is 0. The number of nitrogens with zero attached hydrogens (tertiary/aromatic N) is 1. The van der Waals surface area contributed by atoms with Gasteiger partial charge in [-0.1, -0.05) is 148 Å². The molecule has 2 fully saturated rings. The molecule has 2 aliphatic rings. The zero-order valence-corrected chi connectivity index (χ0v) is 26.7. The minimum atomic E-state index is 0.0873. The van der Waals surface area contributed by atoms with E-state index in [2.05, 4.69) is 138 Å². The monoisotopic (exact) mass is 589 g/mol. The first-order valence-corrected chi connectivity index (χ1v) is 17.5. The molecule has 0 aromatic heterocycles. The summed E-state index contributed by atoms with van der Waals surface area (Å²) in [6.45, 7) is 0. The molecule has 7 rings (SSSR count). The Morgan fingerprint density at radius 2 is 0.844 bits per heavy atom. The molecule has 0 heterocycles. The molecule has 0 bridgehead atoms. The van der Waals surface area contributed by atoms with Crippen LogP contribution >= 0.6 is 0 Å². The van der Waals surface area contributed by atoms with Gasteiger partial charge in [0, 0.05) is 22.5 Å². The van der Waals surface area contributed by atoms with Crippen molar-refractivity contribution < 1.29 is 0 Å². The number of rotatable bonds is 7. The molecule has 2 saturated carbocycles. The smallest absolute Gasteiger partial charge is 0.0462 e. The fourth-order valence-electron chi connectivity index (χ4n) is 8.15. The molecule has 0 amide bonds. The number of hydrogen-bond donors (Lipinski definition) is 0. The molecule has 1 nitrogen and oxygen atoms in total. The van der Waals surface area contributed by atoms with Crippen LogP contribution in [0.2, 0.25) is 0 Å². The Morgan fingerprint density at radius 1 is 0.400 bits per heavy atom. The van der Waals surface area contributed by atoms with Gasteiger partial charge in [-0.05, 0) is 95.8 Å². The quantitative estimate of drug-likeness (QED) is 0.182. The predicted molar refractivity (Wildman–Crippen MR) is 192 cm³/mol. The Hall–Kier alpha value is -4.10. The number of anilines is 3. The Morgan fingerprint density at radius 3 is 1.44 bits per heavy atom. The highest BCUT2D eigenvalue weighted by Crippen LogP contribution is 2.45. The van der Waals surface area contributed by atoms with Crippen molar-refractivity contribution >= 4 is 17.1 Å². The standard InChI is InChI=1S/C44H47N/c1-2-13-33-44(34-14-3-1,39-19-11-6-12-20-39)40-25-31-43(32-26-40)45(41-27-21-37(22-28-41)35-15-7-4-8-16-35)42-29-23-38(24-30-42)36-17-9-5-10-18-36/h4,6-8,11-12,15-16,19-32,36H,1-3,5,9-10,13-14,17-18,33-34H2. The van der Waals surface area contributed by atoms with E-state index in [9.17, 15) is 0 Å². The molecular weight excluding hydrogens is 542 g/mol. The second-order valence-electron chi connectivity index (χ2n) is 13.4. The SMILES string of the molecule is c1ccc(-c2ccc(N(c3ccc(C4CCCCC4)cc3)c3ccc(C4(c5ccccc5)CCCCCCC4)cc3)cc2)cc1. The summed E-state index contributed by atoms with van der Waals surface area (Å²) in [6, 6.07) is 50.2. The van der Waals surface area contributed by atoms with Gasteiger partial charge in [0.15, 0.2) is 0 Å². The normalized spacial score (nSPS) is 17.2. The summed E-state index contributed by atoms with van der Waals surface area (Å²) in [7, 11) is 0. The lowest BCUT2D eigenvalue weighted by Crippen LogP contribution is -2.29. The molecule has 0 spiro atoms. The van der Waals surface area contributed by atoms with Crippen molar-refractivity contribution in [2.75, 3.05) is 4.90 Å². The lowest BCUT2D eigenvalue weighted by molar-refractivity contribution is 0.366. The summed E-state index contributed by atoms with van der Waals surface area (Å²) >= 11 is 0. The van der Waals surface area contributed by atoms with Crippen LogP contribution in [0.1, 0.15) is 99.7 Å². The fourth-order valence-corrected chi connectivity index (χ4v) is 8.15. The van der Waals surface area contributed by atoms with Crippen molar-refractivity contribution in [1.82, 2.24) is 0 Å². The molecule has 1 heteroatoms. The maximum atomic E-state index is 2.44. The van der Waals surface area contributed by atoms with Gasteiger partial charge in [-0.15, -0.1) is 0 Å². The average Bonchev–Trinajstić information content (AvgIpc) is 3.11. The predicted octanol–water partition coefficient (Wildman–Crippen LogP) is 12.9. The third-order valence-corrected chi connectivity index (χ3v) is 10.7. The molecule has 2 aliphatic carbocycles. The van der Waals surface area contributed by atoms with E-state index in [1.54, 1.807) is 0 Å². The van der Waals surface area contributed by atoms with E-state index in [-0.39, 0.29) is 5.41 Å². The third-order valence-electron chi connectivity index (χ3n) is 10.7. The van der Waals surface area contributed by atoms with Crippen LogP contribution in [0.25, 0.3) is 11.1 Å². The van der Waals surface area contributed by atoms with Crippen molar-refractivity contribution in [2.45, 2.75) is 88.4 Å². The Balaban J connectivity index is 1.26. The van der Waals surface area contributed by atoms with Crippen LogP contribution in [0, 0.1) is 0 Å². The summed E-state index contributed by atoms with van der Waals surface area (Å²) in [5.74, 6) is 0.712. The Labute approximate surface area is 271 Å². The van der Waals surface area contributed by atoms with Crippen LogP contribution < -0.4 is 4.90 Å². The molecule has 228 valence electrons. The molecule has 0 aliphatic heterocycles. The van der Waals surface area contributed by atoms with Gasteiger partial charge >= 0.3 is 0 Å². The maximum Gasteiger partial charge on any atom is 0.0462 e. The molecule has 5 aromatic carbocycles. The first kappa shape index (κ1) is 29.6. The topological polar surface area (TPSA) is 3.24 Å². The summed E-state index contributed by atoms with van der Waals surface area (Å²) in [4.78, 5) is 2.44. The summed E-state index contributed by atoms with van der Waals surface area (Å²) < 4.78 is 0. The maximum absolute atomic E-state index is 2.44. The van der Waals surface area contributed by atoms with E-state index < -0.39 is 0 Å². The van der Waals surface area contributed by atoms with E-state index >= 15 is 0 Å². The van der Waals surface area contributed by atoms with E-state index in [1.807, 2.05) is 0 Å². The fraction of sp³-hybridized carbons (Fsp3) is 0.318. The number of hydrogen-bond acceptors (Lipinski definition) is 1. The highest BCUT2D eigenvalue weighted by Gasteiger charge is 2.34. The van der Waals surface area contributed by atoms with Crippen molar-refractivity contribution in [3.05, 3.63) is 150 Å². The van der Waals surface area contributed by atoms with Crippen LogP contribution in [-0.4, -0.2) is 0 Å². The highest BCUT2D eigenvalue weighted by molar-refractivity contribution is 5.78. The molecule has 0 unspecified atom stereocenters. The van der Waals surface area contributed by atoms with Crippen molar-refractivity contribution in [3.8, 4) is 11.1 Å². The molecule has 0 N–H and O–H groups in total. The molecule has 5 aromatic rings. The molecule has 0 radical (unpaired) electrons. The minimum absolute atomic E-state index is 0.0873. The van der Waals surface area contributed by atoms with Gasteiger partial charge in [0.05, 0.1) is 0 Å². The van der Waals surface area contributed by atoms with E-state index in [0.29, 0.717) is 5.92 Å². The second-order valence-corrected chi connectivity index (χ2v) is 13.4. The van der Waals surface area contributed by atoms with Crippen LogP contribution in [0.4, 0.5) is 17.1 Å². The van der Waals surface area contributed by atoms with Gasteiger partial charge in [-0.25, -0.2) is 0 Å². The van der Waals surface area contributed by atoms with Gasteiger partial charge < -0.3 is 4.90 Å². The average molecular weight is 590 g/mol. The van der Waals surface area contributed by atoms with E-state index in [1.165, 1.54) is 122 Å². The molecular formula is C44H47N. The third kappa shape index (κ3) is 6.50. The van der Waals surface area contributed by atoms with Crippen molar-refractivity contribution in [2.24, 2.45) is 0 Å². The van der Waals surface area contributed by atoms with E-state index in [4.69, 9.17) is 0 Å². The van der Waals surface area contributed by atoms with Gasteiger partial charge in [-0.2, -0.15) is 0 Å². The van der Waals surface area contributed by atoms with Crippen LogP contribution in [0.3, 0.4) is 0 Å². The largest absolute Gasteiger partial charge is 0.311 e. The Kier molecular flexibility index (Phi) is 9.15.